The molecule has 4 aromatic carbocycles. The Labute approximate surface area is 244 Å². The van der Waals surface area contributed by atoms with Gasteiger partial charge in [-0.15, -0.1) is 0 Å². The van der Waals surface area contributed by atoms with Crippen LogP contribution in [-0.4, -0.2) is 0 Å². The highest BCUT2D eigenvalue weighted by molar-refractivity contribution is 6.13. The van der Waals surface area contributed by atoms with E-state index in [0.717, 1.165) is 24.3 Å². The molecule has 6 rings (SSSR count). The number of benzene rings is 4. The van der Waals surface area contributed by atoms with Gasteiger partial charge in [-0.25, -0.2) is 0 Å². The Morgan fingerprint density at radius 3 is 1.23 bits per heavy atom. The molecule has 0 bridgehead atoms. The van der Waals surface area contributed by atoms with Crippen LogP contribution in [0.25, 0.3) is 56.4 Å². The van der Waals surface area contributed by atoms with E-state index >= 15 is 0 Å². The van der Waals surface area contributed by atoms with Crippen LogP contribution in [0.4, 0.5) is 26.3 Å². The number of fused-ring (bicyclic) bond motifs is 5. The second-order valence-corrected chi connectivity index (χ2v) is 9.86. The fraction of sp³-hybridized carbons (Fsp3) is 0.0588. The van der Waals surface area contributed by atoms with Crippen LogP contribution in [0, 0.1) is 22.7 Å². The van der Waals surface area contributed by atoms with E-state index in [1.54, 1.807) is 48.6 Å². The van der Waals surface area contributed by atoms with Gasteiger partial charge in [-0.05, 0) is 82.9 Å². The van der Waals surface area contributed by atoms with Gasteiger partial charge >= 0.3 is 12.4 Å². The first-order chi connectivity index (χ1) is 20.9. The zero-order chi connectivity index (χ0) is 31.2. The van der Waals surface area contributed by atoms with Gasteiger partial charge in [-0.2, -0.15) is 36.9 Å². The minimum absolute atomic E-state index is 0.174. The summed E-state index contributed by atoms with van der Waals surface area (Å²) in [5.74, 6) is 0. The number of halogens is 6. The van der Waals surface area contributed by atoms with E-state index in [4.69, 9.17) is 8.83 Å². The number of nitriles is 2. The fourth-order valence-corrected chi connectivity index (χ4v) is 4.84. The van der Waals surface area contributed by atoms with Gasteiger partial charge in [0.2, 0.25) is 0 Å². The highest BCUT2D eigenvalue weighted by atomic mass is 19.4. The van der Waals surface area contributed by atoms with Gasteiger partial charge in [0, 0.05) is 0 Å². The van der Waals surface area contributed by atoms with Crippen molar-refractivity contribution in [3.8, 4) is 12.1 Å². The van der Waals surface area contributed by atoms with E-state index in [-0.39, 0.29) is 11.1 Å². The molecule has 4 nitrogen and oxygen atoms in total. The molecule has 10 heteroatoms. The van der Waals surface area contributed by atoms with Crippen LogP contribution in [0.1, 0.15) is 33.4 Å². The molecule has 0 radical (unpaired) electrons. The minimum Gasteiger partial charge on any atom is -0.452 e. The molecule has 0 N–H and O–H groups in total. The number of hydrogen-bond acceptors (Lipinski definition) is 4. The van der Waals surface area contributed by atoms with Gasteiger partial charge in [-0.3, -0.25) is 0 Å². The first-order valence-electron chi connectivity index (χ1n) is 12.9. The first kappa shape index (κ1) is 28.4. The normalized spacial score (nSPS) is 13.0. The SMILES string of the molecule is N#C/C(=C\c1ccc2c(c1)oc1c3ccc(/C=C(\C#N)c4ccc(C(F)(F)F)cc4)cc3oc21)c1ccc(C(F)(F)F)cc1. The van der Waals surface area contributed by atoms with Crippen molar-refractivity contribution >= 4 is 56.4 Å². The number of allylic oxidation sites excluding steroid dienone is 2. The predicted molar refractivity (Wildman–Crippen MR) is 153 cm³/mol. The maximum atomic E-state index is 12.9. The Hall–Kier alpha value is -5.74. The molecule has 0 saturated heterocycles. The maximum absolute atomic E-state index is 12.9. The average Bonchev–Trinajstić information content (AvgIpc) is 3.53. The molecule has 216 valence electrons. The number of nitrogens with zero attached hydrogens (tertiary/aromatic N) is 2. The van der Waals surface area contributed by atoms with Gasteiger partial charge in [-0.1, -0.05) is 36.4 Å². The number of hydrogen-bond donors (Lipinski definition) is 0. The molecule has 0 aliphatic heterocycles. The standard InChI is InChI=1S/C34H16F6N2O2/c35-33(36,37)25-7-3-21(4-8-25)23(17-41)13-19-1-11-27-29(15-19)43-32-28-12-2-20(16-30(28)44-31(27)32)14-24(18-42)22-5-9-26(10-6-22)34(38,39)40/h1-16H/b23-13+,24-14+. The number of alkyl halides is 6. The topological polar surface area (TPSA) is 73.9 Å². The Kier molecular flexibility index (Phi) is 6.78. The summed E-state index contributed by atoms with van der Waals surface area (Å²) in [5.41, 5.74) is 2.47. The van der Waals surface area contributed by atoms with E-state index in [2.05, 4.69) is 0 Å². The lowest BCUT2D eigenvalue weighted by atomic mass is 10.0. The molecule has 6 aromatic rings. The maximum Gasteiger partial charge on any atom is 0.416 e. The van der Waals surface area contributed by atoms with Gasteiger partial charge < -0.3 is 8.83 Å². The summed E-state index contributed by atoms with van der Waals surface area (Å²) in [6, 6.07) is 23.0. The van der Waals surface area contributed by atoms with E-state index in [1.807, 2.05) is 12.1 Å². The second kappa shape index (κ2) is 10.5. The zero-order valence-electron chi connectivity index (χ0n) is 22.2. The quantitative estimate of drug-likeness (QED) is 0.115. The highest BCUT2D eigenvalue weighted by Crippen LogP contribution is 2.38. The molecule has 0 amide bonds. The van der Waals surface area contributed by atoms with Crippen molar-refractivity contribution in [2.24, 2.45) is 0 Å². The van der Waals surface area contributed by atoms with Crippen molar-refractivity contribution in [3.63, 3.8) is 0 Å². The van der Waals surface area contributed by atoms with Crippen molar-refractivity contribution in [1.29, 1.82) is 10.5 Å². The van der Waals surface area contributed by atoms with Crippen molar-refractivity contribution < 1.29 is 35.2 Å². The zero-order valence-corrected chi connectivity index (χ0v) is 22.2. The summed E-state index contributed by atoms with van der Waals surface area (Å²) >= 11 is 0. The summed E-state index contributed by atoms with van der Waals surface area (Å²) in [6.45, 7) is 0. The van der Waals surface area contributed by atoms with Crippen molar-refractivity contribution in [3.05, 3.63) is 118 Å². The first-order valence-corrected chi connectivity index (χ1v) is 12.9. The van der Waals surface area contributed by atoms with Gasteiger partial charge in [0.1, 0.15) is 11.2 Å². The van der Waals surface area contributed by atoms with Crippen LogP contribution in [0.15, 0.2) is 93.8 Å². The summed E-state index contributed by atoms with van der Waals surface area (Å²) in [5, 5.41) is 20.6. The van der Waals surface area contributed by atoms with Crippen LogP contribution >= 0.6 is 0 Å². The second-order valence-electron chi connectivity index (χ2n) is 9.86. The van der Waals surface area contributed by atoms with Crippen LogP contribution in [-0.2, 0) is 12.4 Å². The molecule has 0 saturated carbocycles. The van der Waals surface area contributed by atoms with E-state index < -0.39 is 23.5 Å². The van der Waals surface area contributed by atoms with E-state index in [0.29, 0.717) is 55.4 Å². The summed E-state index contributed by atoms with van der Waals surface area (Å²) < 4.78 is 89.6. The largest absolute Gasteiger partial charge is 0.452 e. The Morgan fingerprint density at radius 1 is 0.545 bits per heavy atom. The van der Waals surface area contributed by atoms with Crippen LogP contribution in [0.5, 0.6) is 0 Å². The molecule has 0 spiro atoms. The van der Waals surface area contributed by atoms with Crippen LogP contribution in [0.3, 0.4) is 0 Å². The molecular weight excluding hydrogens is 582 g/mol. The molecule has 0 aliphatic rings. The smallest absolute Gasteiger partial charge is 0.416 e. The third-order valence-electron chi connectivity index (χ3n) is 7.04. The molecule has 0 aliphatic carbocycles. The molecule has 0 atom stereocenters. The molecule has 44 heavy (non-hydrogen) atoms. The third-order valence-corrected chi connectivity index (χ3v) is 7.04. The lowest BCUT2D eigenvalue weighted by molar-refractivity contribution is -0.138. The molecular formula is C34H16F6N2O2. The molecule has 2 aromatic heterocycles. The monoisotopic (exact) mass is 598 g/mol. The predicted octanol–water partition coefficient (Wildman–Crippen LogP) is 10.5. The van der Waals surface area contributed by atoms with Crippen LogP contribution < -0.4 is 0 Å². The lowest BCUT2D eigenvalue weighted by Crippen LogP contribution is -2.04. The van der Waals surface area contributed by atoms with E-state index in [1.165, 1.54) is 24.3 Å². The van der Waals surface area contributed by atoms with Crippen molar-refractivity contribution in [2.45, 2.75) is 12.4 Å². The van der Waals surface area contributed by atoms with Gasteiger partial charge in [0.05, 0.1) is 45.2 Å². The summed E-state index contributed by atoms with van der Waals surface area (Å²) in [7, 11) is 0. The number of furan rings is 2. The average molecular weight is 599 g/mol. The highest BCUT2D eigenvalue weighted by Gasteiger charge is 2.31. The number of rotatable bonds is 4. The lowest BCUT2D eigenvalue weighted by Gasteiger charge is -2.07. The Morgan fingerprint density at radius 2 is 0.909 bits per heavy atom. The summed E-state index contributed by atoms with van der Waals surface area (Å²) in [6.07, 6.45) is -5.86. The Bertz CT molecular complexity index is 2040. The fourth-order valence-electron chi connectivity index (χ4n) is 4.84. The van der Waals surface area contributed by atoms with Gasteiger partial charge in [0.15, 0.2) is 11.2 Å². The minimum atomic E-state index is -4.48. The van der Waals surface area contributed by atoms with Gasteiger partial charge in [0.25, 0.3) is 0 Å². The Balaban J connectivity index is 1.32. The van der Waals surface area contributed by atoms with Crippen LogP contribution in [0.2, 0.25) is 0 Å². The summed E-state index contributed by atoms with van der Waals surface area (Å²) in [4.78, 5) is 0. The van der Waals surface area contributed by atoms with Crippen molar-refractivity contribution in [2.75, 3.05) is 0 Å². The molecule has 0 fully saturated rings. The molecule has 2 heterocycles. The molecule has 0 unspecified atom stereocenters. The third kappa shape index (κ3) is 5.30. The van der Waals surface area contributed by atoms with E-state index in [9.17, 15) is 36.9 Å². The van der Waals surface area contributed by atoms with Crippen molar-refractivity contribution in [1.82, 2.24) is 0 Å².